The Bertz CT molecular complexity index is 662. The van der Waals surface area contributed by atoms with Gasteiger partial charge in [0.25, 0.3) is 0 Å². The summed E-state index contributed by atoms with van der Waals surface area (Å²) >= 11 is 5.93. The predicted octanol–water partition coefficient (Wildman–Crippen LogP) is 2.76. The Labute approximate surface area is 102 Å². The molecule has 0 saturated heterocycles. The predicted molar refractivity (Wildman–Crippen MR) is 65.8 cm³/mol. The first-order valence-corrected chi connectivity index (χ1v) is 5.39. The maximum absolute atomic E-state index is 5.93. The van der Waals surface area contributed by atoms with Crippen molar-refractivity contribution in [3.8, 4) is 11.5 Å². The smallest absolute Gasteiger partial charge is 0.230 e. The largest absolute Gasteiger partial charge is 0.436 e. The molecule has 3 rings (SSSR count). The van der Waals surface area contributed by atoms with E-state index in [4.69, 9.17) is 21.8 Å². The second-order valence-corrected chi connectivity index (χ2v) is 4.18. The maximum atomic E-state index is 5.93. The Kier molecular flexibility index (Phi) is 2.09. The van der Waals surface area contributed by atoms with Crippen LogP contribution in [0.25, 0.3) is 22.6 Å². The normalized spacial score (nSPS) is 11.2. The van der Waals surface area contributed by atoms with Crippen molar-refractivity contribution < 1.29 is 4.42 Å². The third-order valence-corrected chi connectivity index (χ3v) is 2.89. The lowest BCUT2D eigenvalue weighted by Crippen LogP contribution is -1.84. The van der Waals surface area contributed by atoms with Crippen LogP contribution in [-0.4, -0.2) is 15.2 Å². The molecule has 3 N–H and O–H groups in total. The number of benzene rings is 1. The van der Waals surface area contributed by atoms with Crippen LogP contribution in [0.5, 0.6) is 0 Å². The summed E-state index contributed by atoms with van der Waals surface area (Å²) in [7, 11) is 0. The average Bonchev–Trinajstić information content (AvgIpc) is 2.85. The van der Waals surface area contributed by atoms with Gasteiger partial charge in [-0.3, -0.25) is 5.10 Å². The monoisotopic (exact) mass is 248 g/mol. The van der Waals surface area contributed by atoms with Gasteiger partial charge in [0, 0.05) is 11.8 Å². The van der Waals surface area contributed by atoms with E-state index in [1.54, 1.807) is 18.3 Å². The number of nitrogen functional groups attached to an aromatic ring is 1. The van der Waals surface area contributed by atoms with Gasteiger partial charge in [0.2, 0.25) is 5.89 Å². The summed E-state index contributed by atoms with van der Waals surface area (Å²) in [4.78, 5) is 4.35. The van der Waals surface area contributed by atoms with Crippen LogP contribution in [-0.2, 0) is 0 Å². The highest BCUT2D eigenvalue weighted by Crippen LogP contribution is 2.30. The van der Waals surface area contributed by atoms with E-state index in [0.717, 1.165) is 11.3 Å². The standard InChI is InChI=1S/C11H9ClN4O/c1-5-6(4-14-16-5)11-15-9-2-7(12)8(13)3-10(9)17-11/h2-4H,13H2,1H3,(H,14,16). The average molecular weight is 249 g/mol. The second-order valence-electron chi connectivity index (χ2n) is 3.77. The SMILES string of the molecule is Cc1[nH]ncc1-c1nc2cc(Cl)c(N)cc2o1. The Morgan fingerprint density at radius 2 is 2.24 bits per heavy atom. The minimum Gasteiger partial charge on any atom is -0.436 e. The fraction of sp³-hybridized carbons (Fsp3) is 0.0909. The van der Waals surface area contributed by atoms with Crippen LogP contribution >= 0.6 is 11.6 Å². The molecule has 0 radical (unpaired) electrons. The summed E-state index contributed by atoms with van der Waals surface area (Å²) in [5, 5.41) is 7.23. The van der Waals surface area contributed by atoms with E-state index >= 15 is 0 Å². The molecule has 0 aliphatic heterocycles. The van der Waals surface area contributed by atoms with E-state index in [-0.39, 0.29) is 0 Å². The van der Waals surface area contributed by atoms with E-state index in [0.29, 0.717) is 27.7 Å². The van der Waals surface area contributed by atoms with Crippen LogP contribution in [0.1, 0.15) is 5.69 Å². The molecule has 3 aromatic rings. The van der Waals surface area contributed by atoms with Crippen molar-refractivity contribution in [1.29, 1.82) is 0 Å². The molecule has 0 unspecified atom stereocenters. The van der Waals surface area contributed by atoms with Crippen LogP contribution < -0.4 is 5.73 Å². The molecule has 0 aliphatic carbocycles. The fourth-order valence-electron chi connectivity index (χ4n) is 1.65. The Hall–Kier alpha value is -2.01. The Morgan fingerprint density at radius 1 is 1.41 bits per heavy atom. The molecule has 0 fully saturated rings. The first kappa shape index (κ1) is 10.2. The summed E-state index contributed by atoms with van der Waals surface area (Å²) in [6, 6.07) is 3.36. The van der Waals surface area contributed by atoms with Crippen LogP contribution in [0, 0.1) is 6.92 Å². The molecule has 86 valence electrons. The number of halogens is 1. The highest BCUT2D eigenvalue weighted by Gasteiger charge is 2.13. The number of aryl methyl sites for hydroxylation is 1. The number of nitrogens with zero attached hydrogens (tertiary/aromatic N) is 2. The lowest BCUT2D eigenvalue weighted by atomic mass is 10.3. The Morgan fingerprint density at radius 3 is 2.94 bits per heavy atom. The first-order chi connectivity index (χ1) is 8.15. The van der Waals surface area contributed by atoms with Crippen molar-refractivity contribution in [2.24, 2.45) is 0 Å². The number of fused-ring (bicyclic) bond motifs is 1. The number of aromatic nitrogens is 3. The van der Waals surface area contributed by atoms with Crippen molar-refractivity contribution in [3.63, 3.8) is 0 Å². The number of H-pyrrole nitrogens is 1. The van der Waals surface area contributed by atoms with Gasteiger partial charge in [0.1, 0.15) is 5.52 Å². The van der Waals surface area contributed by atoms with Gasteiger partial charge in [0.15, 0.2) is 5.58 Å². The summed E-state index contributed by atoms with van der Waals surface area (Å²) < 4.78 is 5.62. The minimum atomic E-state index is 0.473. The quantitative estimate of drug-likeness (QED) is 0.649. The zero-order valence-corrected chi connectivity index (χ0v) is 9.75. The molecular weight excluding hydrogens is 240 g/mol. The third-order valence-electron chi connectivity index (χ3n) is 2.57. The zero-order chi connectivity index (χ0) is 12.0. The molecule has 0 aliphatic rings. The van der Waals surface area contributed by atoms with Gasteiger partial charge in [-0.15, -0.1) is 0 Å². The van der Waals surface area contributed by atoms with E-state index < -0.39 is 0 Å². The van der Waals surface area contributed by atoms with Crippen LogP contribution in [0.4, 0.5) is 5.69 Å². The fourth-order valence-corrected chi connectivity index (χ4v) is 1.80. The first-order valence-electron chi connectivity index (χ1n) is 5.01. The number of rotatable bonds is 1. The van der Waals surface area contributed by atoms with Crippen molar-refractivity contribution in [2.45, 2.75) is 6.92 Å². The molecule has 6 heteroatoms. The molecule has 2 aromatic heterocycles. The third kappa shape index (κ3) is 1.55. The van der Waals surface area contributed by atoms with Crippen molar-refractivity contribution >= 4 is 28.4 Å². The second kappa shape index (κ2) is 3.49. The number of aromatic amines is 1. The molecule has 0 saturated carbocycles. The molecule has 0 atom stereocenters. The highest BCUT2D eigenvalue weighted by molar-refractivity contribution is 6.33. The van der Waals surface area contributed by atoms with E-state index in [1.165, 1.54) is 0 Å². The lowest BCUT2D eigenvalue weighted by molar-refractivity contribution is 0.619. The maximum Gasteiger partial charge on any atom is 0.230 e. The number of hydrogen-bond acceptors (Lipinski definition) is 4. The number of nitrogens with one attached hydrogen (secondary N) is 1. The Balaban J connectivity index is 2.24. The minimum absolute atomic E-state index is 0.473. The van der Waals surface area contributed by atoms with Crippen LogP contribution in [0.2, 0.25) is 5.02 Å². The number of anilines is 1. The molecule has 0 bridgehead atoms. The molecular formula is C11H9ClN4O. The van der Waals surface area contributed by atoms with E-state index in [2.05, 4.69) is 15.2 Å². The van der Waals surface area contributed by atoms with E-state index in [9.17, 15) is 0 Å². The zero-order valence-electron chi connectivity index (χ0n) is 8.99. The lowest BCUT2D eigenvalue weighted by Gasteiger charge is -1.94. The molecule has 5 nitrogen and oxygen atoms in total. The van der Waals surface area contributed by atoms with Crippen LogP contribution in [0.3, 0.4) is 0 Å². The molecule has 17 heavy (non-hydrogen) atoms. The van der Waals surface area contributed by atoms with Gasteiger partial charge < -0.3 is 10.2 Å². The number of hydrogen-bond donors (Lipinski definition) is 2. The van der Waals surface area contributed by atoms with Crippen molar-refractivity contribution in [2.75, 3.05) is 5.73 Å². The topological polar surface area (TPSA) is 80.7 Å². The van der Waals surface area contributed by atoms with Crippen LogP contribution in [0.15, 0.2) is 22.7 Å². The molecule has 0 spiro atoms. The van der Waals surface area contributed by atoms with Gasteiger partial charge in [-0.05, 0) is 13.0 Å². The number of oxazole rings is 1. The molecule has 0 amide bonds. The number of nitrogens with two attached hydrogens (primary N) is 1. The van der Waals surface area contributed by atoms with Gasteiger partial charge in [-0.25, -0.2) is 4.98 Å². The van der Waals surface area contributed by atoms with Crippen molar-refractivity contribution in [3.05, 3.63) is 29.0 Å². The molecule has 1 aromatic carbocycles. The summed E-state index contributed by atoms with van der Waals surface area (Å²) in [5.74, 6) is 0.507. The van der Waals surface area contributed by atoms with Gasteiger partial charge in [-0.1, -0.05) is 11.6 Å². The van der Waals surface area contributed by atoms with E-state index in [1.807, 2.05) is 6.92 Å². The van der Waals surface area contributed by atoms with Crippen molar-refractivity contribution in [1.82, 2.24) is 15.2 Å². The highest BCUT2D eigenvalue weighted by atomic mass is 35.5. The van der Waals surface area contributed by atoms with Gasteiger partial charge >= 0.3 is 0 Å². The summed E-state index contributed by atoms with van der Waals surface area (Å²) in [6.07, 6.45) is 1.67. The summed E-state index contributed by atoms with van der Waals surface area (Å²) in [6.45, 7) is 1.90. The molecule has 2 heterocycles. The summed E-state index contributed by atoms with van der Waals surface area (Å²) in [5.41, 5.74) is 9.21. The van der Waals surface area contributed by atoms with Gasteiger partial charge in [-0.2, -0.15) is 5.10 Å². The van der Waals surface area contributed by atoms with Gasteiger partial charge in [0.05, 0.1) is 22.5 Å².